The summed E-state index contributed by atoms with van der Waals surface area (Å²) < 4.78 is 39.1. The van der Waals surface area contributed by atoms with Crippen molar-refractivity contribution in [3.63, 3.8) is 0 Å². The highest BCUT2D eigenvalue weighted by Crippen LogP contribution is 2.25. The normalized spacial score (nSPS) is 12.5. The summed E-state index contributed by atoms with van der Waals surface area (Å²) in [7, 11) is 0. The van der Waals surface area contributed by atoms with Crippen molar-refractivity contribution in [2.45, 2.75) is 73.1 Å². The van der Waals surface area contributed by atoms with E-state index in [9.17, 15) is 14.7 Å². The molecule has 72 heavy (non-hydrogen) atoms. The molecule has 18 heteroatoms. The zero-order chi connectivity index (χ0) is 51.0. The maximum atomic E-state index is 11.7. The average molecular weight is 988 g/mol. The summed E-state index contributed by atoms with van der Waals surface area (Å²) >= 11 is 0. The zero-order valence-electron chi connectivity index (χ0n) is 40.6. The summed E-state index contributed by atoms with van der Waals surface area (Å²) in [6.45, 7) is 13.5. The predicted molar refractivity (Wildman–Crippen MR) is 273 cm³/mol. The van der Waals surface area contributed by atoms with Crippen molar-refractivity contribution >= 4 is 0 Å². The topological polar surface area (TPSA) is 259 Å². The smallest absolute Gasteiger partial charge is 0.266 e. The Kier molecular flexibility index (Phi) is 23.8. The van der Waals surface area contributed by atoms with Crippen LogP contribution in [0.5, 0.6) is 34.8 Å². The van der Waals surface area contributed by atoms with E-state index in [4.69, 9.17) is 48.8 Å². The molecule has 18 nitrogen and oxygen atoms in total. The van der Waals surface area contributed by atoms with Gasteiger partial charge in [0.2, 0.25) is 11.8 Å². The summed E-state index contributed by atoms with van der Waals surface area (Å²) in [6, 6.07) is 29.2. The molecule has 2 aromatic carbocycles. The molecule has 5 N–H and O–H groups in total. The van der Waals surface area contributed by atoms with Gasteiger partial charge in [-0.25, -0.2) is 9.97 Å². The van der Waals surface area contributed by atoms with Crippen LogP contribution in [0.25, 0.3) is 22.3 Å². The number of aliphatic hydroxyl groups excluding tert-OH is 2. The van der Waals surface area contributed by atoms with Gasteiger partial charge in [0.25, 0.3) is 11.1 Å². The van der Waals surface area contributed by atoms with Crippen molar-refractivity contribution in [3.8, 4) is 69.2 Å². The average Bonchev–Trinajstić information content (AvgIpc) is 4.21. The number of hydrogen-bond donors (Lipinski definition) is 5. The van der Waals surface area contributed by atoms with Crippen molar-refractivity contribution < 1.29 is 43.4 Å². The molecule has 0 saturated carbocycles. The van der Waals surface area contributed by atoms with Crippen LogP contribution in [0.3, 0.4) is 0 Å². The number of epoxide rings is 1. The number of aliphatic hydroxyl groups is 2. The molecule has 0 aliphatic carbocycles. The number of aromatic amines is 2. The number of rotatable bonds is 23. The van der Waals surface area contributed by atoms with E-state index in [2.05, 4.69) is 25.3 Å². The first kappa shape index (κ1) is 56.8. The summed E-state index contributed by atoms with van der Waals surface area (Å²) in [5, 5.41) is 38.8. The number of aryl methyl sites for hydroxylation is 2. The predicted octanol–water partition coefficient (Wildman–Crippen LogP) is 7.08. The van der Waals surface area contributed by atoms with E-state index in [1.54, 1.807) is 57.4 Å². The fraction of sp³-hybridized carbons (Fsp3) is 0.370. The summed E-state index contributed by atoms with van der Waals surface area (Å²) in [5.41, 5.74) is 3.77. The van der Waals surface area contributed by atoms with E-state index in [0.29, 0.717) is 87.4 Å². The molecule has 0 bridgehead atoms. The van der Waals surface area contributed by atoms with Gasteiger partial charge in [-0.2, -0.15) is 10.5 Å². The molecule has 0 spiro atoms. The van der Waals surface area contributed by atoms with Crippen molar-refractivity contribution in [1.82, 2.24) is 25.3 Å². The number of nitrogens with zero attached hydrogens (tertiary/aromatic N) is 4. The molecule has 4 aromatic heterocycles. The van der Waals surface area contributed by atoms with Crippen LogP contribution in [0.15, 0.2) is 107 Å². The molecular weight excluding hydrogens is 923 g/mol. The molecule has 5 heterocycles. The third kappa shape index (κ3) is 19.2. The second-order valence-corrected chi connectivity index (χ2v) is 16.2. The monoisotopic (exact) mass is 987 g/mol. The first-order chi connectivity index (χ1) is 34.4. The van der Waals surface area contributed by atoms with Crippen molar-refractivity contribution in [2.24, 2.45) is 0 Å². The van der Waals surface area contributed by atoms with Crippen LogP contribution in [0.4, 0.5) is 0 Å². The number of nitrogens with one attached hydrogen (secondary N) is 3. The number of pyridine rings is 4. The van der Waals surface area contributed by atoms with Gasteiger partial charge in [0.05, 0.1) is 33.0 Å². The molecule has 382 valence electrons. The molecule has 1 aliphatic rings. The van der Waals surface area contributed by atoms with Crippen molar-refractivity contribution in [1.29, 1.82) is 10.5 Å². The minimum absolute atomic E-state index is 0. The SMILES string of the molecule is C.CCO.Cc1[nH]c(=O)c(C#N)cc1-c1ccc(OCCCOc2ccc(OCC3CO3)cc2)nc1.Cc1[nH]c(=O)c(C#N)cc1-c1ccc(OCCCOc2ccc(OC[C@@H](O)CNC(C)C)cc2)nc1. The standard InChI is InChI=1S/C27H32N4O5.C24H23N3O5.C2H6O.CH4/c1-18(2)29-16-22(32)17-36-24-8-6-23(7-9-24)34-11-4-12-35-26-10-5-20(15-30-26)25-13-21(14-28)27(33)31-19(25)3;1-16-22(11-18(12-25)24(28)27-16)17-3-8-23(26-13-17)30-10-2-9-29-19-4-6-20(7-5-19)31-14-21-15-32-21;1-2-3;/h5-10,13,15,18,22,29,32H,4,11-12,16-17H2,1-3H3,(H,31,33);3-8,11,13,21H,2,9-10,14-15H2,1H3,(H,27,28);3H,2H2,1H3;1H4/t22-;;;/m0.../s1. The lowest BCUT2D eigenvalue weighted by Gasteiger charge is -2.15. The largest absolute Gasteiger partial charge is 0.493 e. The van der Waals surface area contributed by atoms with Gasteiger partial charge in [0.1, 0.15) is 71.7 Å². The van der Waals surface area contributed by atoms with Crippen LogP contribution in [-0.4, -0.2) is 108 Å². The van der Waals surface area contributed by atoms with E-state index in [0.717, 1.165) is 46.1 Å². The summed E-state index contributed by atoms with van der Waals surface area (Å²) in [4.78, 5) is 37.4. The lowest BCUT2D eigenvalue weighted by atomic mass is 10.0. The third-order valence-electron chi connectivity index (χ3n) is 10.1. The number of H-pyrrole nitrogens is 2. The second kappa shape index (κ2) is 30.1. The maximum Gasteiger partial charge on any atom is 0.266 e. The Balaban J connectivity index is 0.000000294. The Morgan fingerprint density at radius 1 is 0.694 bits per heavy atom. The van der Waals surface area contributed by atoms with Crippen molar-refractivity contribution in [2.75, 3.05) is 59.4 Å². The fourth-order valence-electron chi connectivity index (χ4n) is 6.35. The first-order valence-electron chi connectivity index (χ1n) is 23.2. The first-order valence-corrected chi connectivity index (χ1v) is 23.2. The van der Waals surface area contributed by atoms with Crippen LogP contribution in [0.1, 0.15) is 63.6 Å². The highest BCUT2D eigenvalue weighted by molar-refractivity contribution is 5.67. The molecule has 2 atom stereocenters. The molecular formula is C54H65N7O11. The quantitative estimate of drug-likeness (QED) is 0.0317. The van der Waals surface area contributed by atoms with Crippen LogP contribution in [0, 0.1) is 36.5 Å². The number of aromatic nitrogens is 4. The number of nitriles is 2. The minimum Gasteiger partial charge on any atom is -0.493 e. The third-order valence-corrected chi connectivity index (χ3v) is 10.1. The molecule has 1 saturated heterocycles. The lowest BCUT2D eigenvalue weighted by Crippen LogP contribution is -2.35. The van der Waals surface area contributed by atoms with E-state index in [1.165, 1.54) is 0 Å². The van der Waals surface area contributed by atoms with E-state index in [1.807, 2.05) is 86.6 Å². The Morgan fingerprint density at radius 3 is 1.47 bits per heavy atom. The van der Waals surface area contributed by atoms with Crippen molar-refractivity contribution in [3.05, 3.63) is 141 Å². The van der Waals surface area contributed by atoms with Crippen LogP contribution in [0.2, 0.25) is 0 Å². The van der Waals surface area contributed by atoms with Gasteiger partial charge in [-0.05, 0) is 93.6 Å². The Morgan fingerprint density at radius 2 is 1.10 bits per heavy atom. The molecule has 0 radical (unpaired) electrons. The zero-order valence-corrected chi connectivity index (χ0v) is 40.6. The minimum atomic E-state index is -0.571. The van der Waals surface area contributed by atoms with E-state index in [-0.39, 0.29) is 37.9 Å². The van der Waals surface area contributed by atoms with Gasteiger partial charge in [0.15, 0.2) is 0 Å². The van der Waals surface area contributed by atoms with Crippen LogP contribution in [-0.2, 0) is 4.74 Å². The van der Waals surface area contributed by atoms with Crippen LogP contribution >= 0.6 is 0 Å². The van der Waals surface area contributed by atoms with Crippen LogP contribution < -0.4 is 44.9 Å². The molecule has 7 rings (SSSR count). The van der Waals surface area contributed by atoms with Gasteiger partial charge in [-0.15, -0.1) is 0 Å². The van der Waals surface area contributed by atoms with Gasteiger partial charge in [-0.1, -0.05) is 21.3 Å². The second-order valence-electron chi connectivity index (χ2n) is 16.2. The molecule has 0 amide bonds. The van der Waals surface area contributed by atoms with E-state index >= 15 is 0 Å². The molecule has 1 unspecified atom stereocenters. The number of benzene rings is 2. The Bertz CT molecular complexity index is 2750. The van der Waals surface area contributed by atoms with Gasteiger partial charge in [-0.3, -0.25) is 9.59 Å². The molecule has 1 fully saturated rings. The van der Waals surface area contributed by atoms with E-state index < -0.39 is 17.2 Å². The number of ether oxygens (including phenoxy) is 7. The van der Waals surface area contributed by atoms with Gasteiger partial charge >= 0.3 is 0 Å². The highest BCUT2D eigenvalue weighted by Gasteiger charge is 2.23. The maximum absolute atomic E-state index is 11.7. The highest BCUT2D eigenvalue weighted by atomic mass is 16.6. The summed E-state index contributed by atoms with van der Waals surface area (Å²) in [5.74, 6) is 3.94. The van der Waals surface area contributed by atoms with Gasteiger partial charge in [0, 0.05) is 90.2 Å². The Hall–Kier alpha value is -7.74. The molecule has 1 aliphatic heterocycles. The number of hydrogen-bond acceptors (Lipinski definition) is 16. The molecule has 6 aromatic rings. The summed E-state index contributed by atoms with van der Waals surface area (Å²) in [6.07, 6.45) is 4.34. The van der Waals surface area contributed by atoms with Gasteiger partial charge < -0.3 is 58.7 Å². The Labute approximate surface area is 420 Å². The fourth-order valence-corrected chi connectivity index (χ4v) is 6.35. The lowest BCUT2D eigenvalue weighted by molar-refractivity contribution is 0.104.